The number of hydrogen-bond donors (Lipinski definition) is 2. The molecular formula is C14H11N3O2S. The molecule has 0 amide bonds. The van der Waals surface area contributed by atoms with E-state index in [9.17, 15) is 4.79 Å². The molecule has 0 bridgehead atoms. The summed E-state index contributed by atoms with van der Waals surface area (Å²) in [5.74, 6) is -1.05. The molecule has 0 fully saturated rings. The van der Waals surface area contributed by atoms with Gasteiger partial charge in [0.05, 0.1) is 5.03 Å². The van der Waals surface area contributed by atoms with Gasteiger partial charge in [0.15, 0.2) is 10.9 Å². The number of nitrogens with one attached hydrogen (secondary N) is 1. The van der Waals surface area contributed by atoms with E-state index in [-0.39, 0.29) is 5.69 Å². The Balaban J connectivity index is 1.96. The predicted molar refractivity (Wildman–Crippen MR) is 76.2 cm³/mol. The number of nitrogens with zero attached hydrogens (tertiary/aromatic N) is 2. The van der Waals surface area contributed by atoms with Crippen LogP contribution in [-0.4, -0.2) is 26.0 Å². The van der Waals surface area contributed by atoms with Crippen molar-refractivity contribution in [1.29, 1.82) is 0 Å². The Morgan fingerprint density at radius 3 is 2.80 bits per heavy atom. The average Bonchev–Trinajstić information content (AvgIpc) is 2.79. The summed E-state index contributed by atoms with van der Waals surface area (Å²) < 4.78 is 0. The normalized spacial score (nSPS) is 10.8. The van der Waals surface area contributed by atoms with Gasteiger partial charge in [-0.15, -0.1) is 0 Å². The number of hydrogen-bond acceptors (Lipinski definition) is 4. The zero-order valence-corrected chi connectivity index (χ0v) is 11.4. The summed E-state index contributed by atoms with van der Waals surface area (Å²) in [7, 11) is 0. The van der Waals surface area contributed by atoms with Crippen LogP contribution < -0.4 is 0 Å². The van der Waals surface area contributed by atoms with Gasteiger partial charge in [-0.1, -0.05) is 18.2 Å². The molecule has 2 N–H and O–H groups in total. The number of carbonyl (C=O) groups is 1. The molecule has 3 aromatic rings. The van der Waals surface area contributed by atoms with E-state index in [1.165, 1.54) is 17.8 Å². The first-order chi connectivity index (χ1) is 9.61. The van der Waals surface area contributed by atoms with Crippen molar-refractivity contribution >= 4 is 28.6 Å². The fourth-order valence-electron chi connectivity index (χ4n) is 1.90. The molecule has 3 rings (SSSR count). The molecule has 1 aromatic carbocycles. The number of aromatic nitrogens is 3. The molecule has 0 aliphatic heterocycles. The van der Waals surface area contributed by atoms with Crippen LogP contribution in [0.25, 0.3) is 10.9 Å². The Morgan fingerprint density at radius 2 is 2.05 bits per heavy atom. The van der Waals surface area contributed by atoms with Crippen LogP contribution in [0.2, 0.25) is 0 Å². The van der Waals surface area contributed by atoms with Gasteiger partial charge in [0.1, 0.15) is 0 Å². The smallest absolute Gasteiger partial charge is 0.354 e. The zero-order valence-electron chi connectivity index (χ0n) is 10.6. The lowest BCUT2D eigenvalue weighted by atomic mass is 10.3. The minimum absolute atomic E-state index is 0.0103. The minimum atomic E-state index is -1.05. The monoisotopic (exact) mass is 285 g/mol. The number of benzene rings is 1. The molecule has 0 saturated carbocycles. The summed E-state index contributed by atoms with van der Waals surface area (Å²) in [6, 6.07) is 11.4. The third-order valence-electron chi connectivity index (χ3n) is 2.76. The van der Waals surface area contributed by atoms with Gasteiger partial charge in [0.2, 0.25) is 0 Å². The lowest BCUT2D eigenvalue weighted by molar-refractivity contribution is 0.0689. The highest BCUT2D eigenvalue weighted by molar-refractivity contribution is 7.99. The summed E-state index contributed by atoms with van der Waals surface area (Å²) in [5, 5.41) is 11.4. The van der Waals surface area contributed by atoms with Crippen LogP contribution in [0, 0.1) is 6.92 Å². The third kappa shape index (κ3) is 2.50. The molecule has 0 aliphatic carbocycles. The summed E-state index contributed by atoms with van der Waals surface area (Å²) in [5.41, 5.74) is 1.67. The Bertz CT molecular complexity index is 765. The highest BCUT2D eigenvalue weighted by atomic mass is 32.2. The van der Waals surface area contributed by atoms with Crippen molar-refractivity contribution < 1.29 is 9.90 Å². The second kappa shape index (κ2) is 4.97. The summed E-state index contributed by atoms with van der Waals surface area (Å²) >= 11 is 1.32. The van der Waals surface area contributed by atoms with Gasteiger partial charge in [0, 0.05) is 16.6 Å². The van der Waals surface area contributed by atoms with Crippen molar-refractivity contribution in [3.05, 3.63) is 47.8 Å². The van der Waals surface area contributed by atoms with E-state index in [2.05, 4.69) is 15.0 Å². The van der Waals surface area contributed by atoms with E-state index in [1.807, 2.05) is 30.3 Å². The molecule has 0 radical (unpaired) electrons. The summed E-state index contributed by atoms with van der Waals surface area (Å²) in [4.78, 5) is 22.5. The number of carboxylic acid groups (broad SMARTS) is 1. The molecule has 2 aromatic heterocycles. The van der Waals surface area contributed by atoms with Gasteiger partial charge in [-0.25, -0.2) is 14.8 Å². The van der Waals surface area contributed by atoms with Crippen molar-refractivity contribution in [2.45, 2.75) is 17.1 Å². The molecule has 5 nitrogen and oxygen atoms in total. The van der Waals surface area contributed by atoms with E-state index < -0.39 is 5.97 Å². The van der Waals surface area contributed by atoms with Crippen LogP contribution in [0.1, 0.15) is 16.2 Å². The highest BCUT2D eigenvalue weighted by Gasteiger charge is 2.10. The van der Waals surface area contributed by atoms with Crippen molar-refractivity contribution in [1.82, 2.24) is 15.0 Å². The molecule has 2 heterocycles. The maximum Gasteiger partial charge on any atom is 0.354 e. The van der Waals surface area contributed by atoms with Crippen molar-refractivity contribution in [2.24, 2.45) is 0 Å². The topological polar surface area (TPSA) is 78.9 Å². The zero-order chi connectivity index (χ0) is 14.1. The molecule has 0 unspecified atom stereocenters. The van der Waals surface area contributed by atoms with E-state index in [0.717, 1.165) is 15.9 Å². The maximum atomic E-state index is 11.0. The largest absolute Gasteiger partial charge is 0.477 e. The molecule has 20 heavy (non-hydrogen) atoms. The van der Waals surface area contributed by atoms with Crippen molar-refractivity contribution in [3.8, 4) is 0 Å². The second-order valence-corrected chi connectivity index (χ2v) is 5.31. The van der Waals surface area contributed by atoms with Crippen LogP contribution in [0.4, 0.5) is 0 Å². The number of para-hydroxylation sites is 1. The van der Waals surface area contributed by atoms with Gasteiger partial charge in [0.25, 0.3) is 0 Å². The van der Waals surface area contributed by atoms with Crippen molar-refractivity contribution in [2.75, 3.05) is 0 Å². The first kappa shape index (κ1) is 12.7. The summed E-state index contributed by atoms with van der Waals surface area (Å²) in [6.07, 6.45) is 0. The number of aromatic carboxylic acids is 1. The molecule has 0 spiro atoms. The predicted octanol–water partition coefficient (Wildman–Crippen LogP) is 3.12. The SMILES string of the molecule is Cc1cc(C(=O)O)nc(Sc2cc3ccccc3[nH]2)n1. The van der Waals surface area contributed by atoms with Crippen molar-refractivity contribution in [3.63, 3.8) is 0 Å². The fraction of sp³-hybridized carbons (Fsp3) is 0.0714. The Morgan fingerprint density at radius 1 is 1.25 bits per heavy atom. The first-order valence-corrected chi connectivity index (χ1v) is 6.78. The third-order valence-corrected chi connectivity index (χ3v) is 3.56. The Kier molecular flexibility index (Phi) is 3.15. The number of aryl methyl sites for hydroxylation is 1. The van der Waals surface area contributed by atoms with E-state index in [4.69, 9.17) is 5.11 Å². The number of fused-ring (bicyclic) bond motifs is 1. The number of carboxylic acids is 1. The lowest BCUT2D eigenvalue weighted by Crippen LogP contribution is -2.03. The van der Waals surface area contributed by atoms with Gasteiger partial charge in [-0.3, -0.25) is 0 Å². The van der Waals surface area contributed by atoms with Crippen LogP contribution >= 0.6 is 11.8 Å². The molecule has 0 aliphatic rings. The Hall–Kier alpha value is -2.34. The molecule has 6 heteroatoms. The number of aromatic amines is 1. The second-order valence-electron chi connectivity index (χ2n) is 4.31. The first-order valence-electron chi connectivity index (χ1n) is 5.96. The number of rotatable bonds is 3. The minimum Gasteiger partial charge on any atom is -0.477 e. The van der Waals surface area contributed by atoms with Gasteiger partial charge < -0.3 is 10.1 Å². The van der Waals surface area contributed by atoms with Crippen LogP contribution in [-0.2, 0) is 0 Å². The average molecular weight is 285 g/mol. The number of H-pyrrole nitrogens is 1. The lowest BCUT2D eigenvalue weighted by Gasteiger charge is -2.01. The quantitative estimate of drug-likeness (QED) is 0.723. The van der Waals surface area contributed by atoms with Crippen LogP contribution in [0.5, 0.6) is 0 Å². The molecule has 100 valence electrons. The maximum absolute atomic E-state index is 11.0. The van der Waals surface area contributed by atoms with Crippen LogP contribution in [0.15, 0.2) is 46.6 Å². The van der Waals surface area contributed by atoms with E-state index >= 15 is 0 Å². The molecule has 0 saturated heterocycles. The van der Waals surface area contributed by atoms with E-state index in [1.54, 1.807) is 6.92 Å². The molecular weight excluding hydrogens is 274 g/mol. The van der Waals surface area contributed by atoms with Crippen LogP contribution in [0.3, 0.4) is 0 Å². The highest BCUT2D eigenvalue weighted by Crippen LogP contribution is 2.27. The summed E-state index contributed by atoms with van der Waals surface area (Å²) in [6.45, 7) is 1.75. The van der Waals surface area contributed by atoms with Gasteiger partial charge in [-0.05, 0) is 36.9 Å². The molecule has 0 atom stereocenters. The Labute approximate surface area is 119 Å². The standard InChI is InChI=1S/C14H11N3O2S/c1-8-6-11(13(18)19)17-14(15-8)20-12-7-9-4-2-3-5-10(9)16-12/h2-7,16H,1H3,(H,18,19). The van der Waals surface area contributed by atoms with Gasteiger partial charge in [-0.2, -0.15) is 0 Å². The fourth-order valence-corrected chi connectivity index (χ4v) is 2.77. The van der Waals surface area contributed by atoms with Gasteiger partial charge >= 0.3 is 5.97 Å². The van der Waals surface area contributed by atoms with E-state index in [0.29, 0.717) is 10.9 Å².